The van der Waals surface area contributed by atoms with Gasteiger partial charge in [-0.15, -0.1) is 0 Å². The fraction of sp³-hybridized carbons (Fsp3) is 0.188. The van der Waals surface area contributed by atoms with Gasteiger partial charge in [-0.05, 0) is 54.4 Å². The fourth-order valence-corrected chi connectivity index (χ4v) is 2.63. The third kappa shape index (κ3) is 4.13. The highest BCUT2D eigenvalue weighted by Crippen LogP contribution is 2.21. The molecule has 2 N–H and O–H groups in total. The van der Waals surface area contributed by atoms with Crippen molar-refractivity contribution in [3.8, 4) is 0 Å². The monoisotopic (exact) mass is 322 g/mol. The summed E-state index contributed by atoms with van der Waals surface area (Å²) in [5.41, 5.74) is 3.62. The van der Waals surface area contributed by atoms with Gasteiger partial charge in [0.25, 0.3) is 5.91 Å². The fourth-order valence-electron chi connectivity index (χ4n) is 2.06. The maximum atomic E-state index is 11.6. The van der Waals surface area contributed by atoms with Crippen LogP contribution in [0.1, 0.15) is 21.5 Å². The van der Waals surface area contributed by atoms with Gasteiger partial charge in [-0.3, -0.25) is 4.79 Å². The SMILES string of the molecule is CNC(=O)c1ccc(NCc2cc(Cl)cc(Cl)c2)c(C)c1. The van der Waals surface area contributed by atoms with Crippen LogP contribution in [0.3, 0.4) is 0 Å². The van der Waals surface area contributed by atoms with Gasteiger partial charge >= 0.3 is 0 Å². The number of halogens is 2. The summed E-state index contributed by atoms with van der Waals surface area (Å²) in [5, 5.41) is 7.16. The number of anilines is 1. The Labute approximate surface area is 134 Å². The van der Waals surface area contributed by atoms with Gasteiger partial charge in [0, 0.05) is 34.9 Å². The van der Waals surface area contributed by atoms with Crippen LogP contribution in [0.2, 0.25) is 10.0 Å². The van der Waals surface area contributed by atoms with Crippen molar-refractivity contribution in [3.63, 3.8) is 0 Å². The van der Waals surface area contributed by atoms with E-state index in [1.165, 1.54) is 0 Å². The van der Waals surface area contributed by atoms with Crippen LogP contribution in [0.4, 0.5) is 5.69 Å². The van der Waals surface area contributed by atoms with E-state index in [1.807, 2.05) is 31.2 Å². The molecule has 21 heavy (non-hydrogen) atoms. The number of aryl methyl sites for hydroxylation is 1. The van der Waals surface area contributed by atoms with E-state index in [-0.39, 0.29) is 5.91 Å². The minimum atomic E-state index is -0.0914. The molecule has 1 amide bonds. The normalized spacial score (nSPS) is 10.3. The van der Waals surface area contributed by atoms with Gasteiger partial charge in [-0.25, -0.2) is 0 Å². The molecule has 0 aromatic heterocycles. The number of carbonyl (C=O) groups is 1. The molecule has 0 spiro atoms. The maximum absolute atomic E-state index is 11.6. The van der Waals surface area contributed by atoms with Crippen molar-refractivity contribution in [2.45, 2.75) is 13.5 Å². The molecule has 0 aliphatic carbocycles. The van der Waals surface area contributed by atoms with E-state index < -0.39 is 0 Å². The van der Waals surface area contributed by atoms with E-state index in [2.05, 4.69) is 10.6 Å². The molecule has 0 unspecified atom stereocenters. The van der Waals surface area contributed by atoms with Gasteiger partial charge in [0.15, 0.2) is 0 Å². The third-order valence-corrected chi connectivity index (χ3v) is 3.56. The van der Waals surface area contributed by atoms with Crippen LogP contribution in [0.15, 0.2) is 36.4 Å². The maximum Gasteiger partial charge on any atom is 0.251 e. The molecule has 2 aromatic rings. The smallest absolute Gasteiger partial charge is 0.251 e. The van der Waals surface area contributed by atoms with Gasteiger partial charge in [0.05, 0.1) is 0 Å². The number of nitrogens with one attached hydrogen (secondary N) is 2. The molecule has 0 aliphatic rings. The molecule has 0 saturated heterocycles. The molecule has 0 saturated carbocycles. The molecular formula is C16H16Cl2N2O. The lowest BCUT2D eigenvalue weighted by molar-refractivity contribution is 0.0963. The topological polar surface area (TPSA) is 41.1 Å². The summed E-state index contributed by atoms with van der Waals surface area (Å²) >= 11 is 12.0. The first-order valence-corrected chi connectivity index (χ1v) is 7.27. The van der Waals surface area contributed by atoms with E-state index in [4.69, 9.17) is 23.2 Å². The molecule has 5 heteroatoms. The molecule has 3 nitrogen and oxygen atoms in total. The van der Waals surface area contributed by atoms with E-state index in [9.17, 15) is 4.79 Å². The van der Waals surface area contributed by atoms with Gasteiger partial charge in [0.2, 0.25) is 0 Å². The van der Waals surface area contributed by atoms with E-state index in [0.29, 0.717) is 22.2 Å². The molecular weight excluding hydrogens is 307 g/mol. The predicted octanol–water partition coefficient (Wildman–Crippen LogP) is 4.27. The van der Waals surface area contributed by atoms with Gasteiger partial charge in [0.1, 0.15) is 0 Å². The number of benzene rings is 2. The second-order valence-electron chi connectivity index (χ2n) is 4.74. The molecule has 2 rings (SSSR count). The van der Waals surface area contributed by atoms with Crippen LogP contribution in [-0.4, -0.2) is 13.0 Å². The Morgan fingerprint density at radius 3 is 2.33 bits per heavy atom. The first-order valence-electron chi connectivity index (χ1n) is 6.51. The molecule has 0 fully saturated rings. The zero-order chi connectivity index (χ0) is 15.4. The van der Waals surface area contributed by atoms with Crippen LogP contribution in [-0.2, 0) is 6.54 Å². The molecule has 0 heterocycles. The number of hydrogen-bond donors (Lipinski definition) is 2. The van der Waals surface area contributed by atoms with Crippen LogP contribution < -0.4 is 10.6 Å². The largest absolute Gasteiger partial charge is 0.381 e. The lowest BCUT2D eigenvalue weighted by Crippen LogP contribution is -2.17. The van der Waals surface area contributed by atoms with E-state index in [0.717, 1.165) is 16.8 Å². The number of rotatable bonds is 4. The number of amides is 1. The number of carbonyl (C=O) groups excluding carboxylic acids is 1. The van der Waals surface area contributed by atoms with E-state index >= 15 is 0 Å². The second kappa shape index (κ2) is 6.83. The molecule has 0 atom stereocenters. The summed E-state index contributed by atoms with van der Waals surface area (Å²) < 4.78 is 0. The van der Waals surface area contributed by atoms with E-state index in [1.54, 1.807) is 19.2 Å². The first-order chi connectivity index (χ1) is 9.99. The van der Waals surface area contributed by atoms with Crippen molar-refractivity contribution < 1.29 is 4.79 Å². The lowest BCUT2D eigenvalue weighted by Gasteiger charge is -2.11. The highest BCUT2D eigenvalue weighted by molar-refractivity contribution is 6.34. The highest BCUT2D eigenvalue weighted by Gasteiger charge is 2.06. The Bertz CT molecular complexity index is 651. The van der Waals surface area contributed by atoms with Crippen molar-refractivity contribution in [3.05, 3.63) is 63.1 Å². The first kappa shape index (κ1) is 15.7. The molecule has 0 radical (unpaired) electrons. The third-order valence-electron chi connectivity index (χ3n) is 3.12. The van der Waals surface area contributed by atoms with Crippen LogP contribution in [0.5, 0.6) is 0 Å². The summed E-state index contributed by atoms with van der Waals surface area (Å²) in [5.74, 6) is -0.0914. The van der Waals surface area contributed by atoms with Crippen molar-refractivity contribution in [2.75, 3.05) is 12.4 Å². The van der Waals surface area contributed by atoms with Crippen molar-refractivity contribution in [1.29, 1.82) is 0 Å². The Morgan fingerprint density at radius 2 is 1.76 bits per heavy atom. The molecule has 110 valence electrons. The molecule has 0 bridgehead atoms. The minimum Gasteiger partial charge on any atom is -0.381 e. The minimum absolute atomic E-state index is 0.0914. The average Bonchev–Trinajstić information content (AvgIpc) is 2.44. The Hall–Kier alpha value is -1.71. The van der Waals surface area contributed by atoms with Crippen molar-refractivity contribution in [1.82, 2.24) is 5.32 Å². The summed E-state index contributed by atoms with van der Waals surface area (Å²) in [7, 11) is 1.62. The Balaban J connectivity index is 2.11. The Morgan fingerprint density at radius 1 is 1.10 bits per heavy atom. The van der Waals surface area contributed by atoms with Crippen LogP contribution >= 0.6 is 23.2 Å². The molecule has 0 aliphatic heterocycles. The quantitative estimate of drug-likeness (QED) is 0.882. The average molecular weight is 323 g/mol. The second-order valence-corrected chi connectivity index (χ2v) is 5.61. The summed E-state index contributed by atoms with van der Waals surface area (Å²) in [6.07, 6.45) is 0. The lowest BCUT2D eigenvalue weighted by atomic mass is 10.1. The van der Waals surface area contributed by atoms with Crippen molar-refractivity contribution >= 4 is 34.8 Å². The molecule has 2 aromatic carbocycles. The predicted molar refractivity (Wildman–Crippen MR) is 88.4 cm³/mol. The summed E-state index contributed by atoms with van der Waals surface area (Å²) in [6.45, 7) is 2.57. The zero-order valence-electron chi connectivity index (χ0n) is 11.8. The standard InChI is InChI=1S/C16H16Cl2N2O/c1-10-5-12(16(21)19-2)3-4-15(10)20-9-11-6-13(17)8-14(18)7-11/h3-8,20H,9H2,1-2H3,(H,19,21). The summed E-state index contributed by atoms with van der Waals surface area (Å²) in [4.78, 5) is 11.6. The summed E-state index contributed by atoms with van der Waals surface area (Å²) in [6, 6.07) is 11.0. The van der Waals surface area contributed by atoms with Gasteiger partial charge in [-0.2, -0.15) is 0 Å². The van der Waals surface area contributed by atoms with Gasteiger partial charge < -0.3 is 10.6 Å². The van der Waals surface area contributed by atoms with Crippen LogP contribution in [0.25, 0.3) is 0 Å². The van der Waals surface area contributed by atoms with Gasteiger partial charge in [-0.1, -0.05) is 23.2 Å². The van der Waals surface area contributed by atoms with Crippen molar-refractivity contribution in [2.24, 2.45) is 0 Å². The number of hydrogen-bond acceptors (Lipinski definition) is 2. The Kier molecular flexibility index (Phi) is 5.10. The zero-order valence-corrected chi connectivity index (χ0v) is 13.3. The van der Waals surface area contributed by atoms with Crippen LogP contribution in [0, 0.1) is 6.92 Å². The highest BCUT2D eigenvalue weighted by atomic mass is 35.5.